The Morgan fingerprint density at radius 1 is 1.50 bits per heavy atom. The van der Waals surface area contributed by atoms with E-state index in [2.05, 4.69) is 11.9 Å². The van der Waals surface area contributed by atoms with Crippen LogP contribution in [0.1, 0.15) is 13.3 Å². The van der Waals surface area contributed by atoms with Crippen LogP contribution in [0.15, 0.2) is 47.3 Å². The van der Waals surface area contributed by atoms with Crippen molar-refractivity contribution in [2.75, 3.05) is 0 Å². The lowest BCUT2D eigenvalue weighted by molar-refractivity contribution is 0.145. The molecule has 2 aliphatic rings. The minimum Gasteiger partial charge on any atom is -0.508 e. The predicted molar refractivity (Wildman–Crippen MR) is 71.9 cm³/mol. The molecule has 0 spiro atoms. The highest BCUT2D eigenvalue weighted by molar-refractivity contribution is 8.00. The van der Waals surface area contributed by atoms with Gasteiger partial charge in [-0.3, -0.25) is 0 Å². The summed E-state index contributed by atoms with van der Waals surface area (Å²) in [6.07, 6.45) is 8.40. The highest BCUT2D eigenvalue weighted by Gasteiger charge is 2.33. The number of hydrogen-bond donors (Lipinski definition) is 1. The van der Waals surface area contributed by atoms with E-state index in [9.17, 15) is 5.11 Å². The van der Waals surface area contributed by atoms with Gasteiger partial charge < -0.3 is 9.84 Å². The van der Waals surface area contributed by atoms with Crippen LogP contribution in [0.25, 0.3) is 0 Å². The lowest BCUT2D eigenvalue weighted by atomic mass is 9.92. The van der Waals surface area contributed by atoms with Crippen molar-refractivity contribution in [2.24, 2.45) is 5.92 Å². The number of nitrogens with zero attached hydrogens (tertiary/aromatic N) is 1. The van der Waals surface area contributed by atoms with E-state index >= 15 is 0 Å². The molecule has 1 aliphatic carbocycles. The van der Waals surface area contributed by atoms with E-state index in [0.29, 0.717) is 16.9 Å². The molecule has 18 heavy (non-hydrogen) atoms. The highest BCUT2D eigenvalue weighted by Crippen LogP contribution is 2.41. The van der Waals surface area contributed by atoms with Crippen molar-refractivity contribution in [2.45, 2.75) is 29.7 Å². The predicted octanol–water partition coefficient (Wildman–Crippen LogP) is 3.34. The minimum absolute atomic E-state index is 0.132. The maximum atomic E-state index is 9.37. The van der Waals surface area contributed by atoms with Crippen molar-refractivity contribution < 1.29 is 9.84 Å². The summed E-state index contributed by atoms with van der Waals surface area (Å²) < 4.78 is 6.07. The number of ether oxygens (including phenoxy) is 1. The molecule has 0 fully saturated rings. The fourth-order valence-electron chi connectivity index (χ4n) is 2.34. The molecule has 1 aliphatic heterocycles. The second-order valence-corrected chi connectivity index (χ2v) is 5.97. The van der Waals surface area contributed by atoms with E-state index in [1.165, 1.54) is 0 Å². The number of thioether (sulfide) groups is 1. The van der Waals surface area contributed by atoms with Crippen molar-refractivity contribution in [1.29, 1.82) is 0 Å². The summed E-state index contributed by atoms with van der Waals surface area (Å²) in [5.41, 5.74) is 0. The van der Waals surface area contributed by atoms with Gasteiger partial charge in [0.05, 0.1) is 0 Å². The molecule has 1 unspecified atom stereocenters. The van der Waals surface area contributed by atoms with Gasteiger partial charge in [-0.2, -0.15) is 0 Å². The average Bonchev–Trinajstić information content (AvgIpc) is 2.39. The zero-order chi connectivity index (χ0) is 12.5. The van der Waals surface area contributed by atoms with E-state index in [0.717, 1.165) is 17.2 Å². The molecule has 3 rings (SSSR count). The molecule has 94 valence electrons. The van der Waals surface area contributed by atoms with Crippen LogP contribution in [0.5, 0.6) is 5.75 Å². The number of hydrogen-bond acceptors (Lipinski definition) is 4. The first-order chi connectivity index (χ1) is 8.74. The Labute approximate surface area is 111 Å². The molecule has 0 bridgehead atoms. The quantitative estimate of drug-likeness (QED) is 0.842. The third-order valence-electron chi connectivity index (χ3n) is 3.29. The van der Waals surface area contributed by atoms with E-state index in [1.54, 1.807) is 24.0 Å². The average molecular weight is 261 g/mol. The Hall–Kier alpha value is -1.42. The molecular formula is C14H15NO2S. The van der Waals surface area contributed by atoms with Crippen LogP contribution in [0, 0.1) is 5.92 Å². The molecule has 3 atom stereocenters. The number of allylic oxidation sites excluding steroid dienone is 2. The first-order valence-electron chi connectivity index (χ1n) is 6.09. The highest BCUT2D eigenvalue weighted by atomic mass is 32.2. The van der Waals surface area contributed by atoms with Gasteiger partial charge in [0.1, 0.15) is 16.9 Å². The van der Waals surface area contributed by atoms with Gasteiger partial charge in [-0.1, -0.05) is 17.8 Å². The van der Waals surface area contributed by atoms with Crippen molar-refractivity contribution in [1.82, 2.24) is 4.98 Å². The summed E-state index contributed by atoms with van der Waals surface area (Å²) in [5, 5.41) is 10.7. The van der Waals surface area contributed by atoms with Crippen molar-refractivity contribution in [3.05, 3.63) is 42.3 Å². The molecule has 0 saturated heterocycles. The number of aliphatic hydroxyl groups excluding tert-OH is 1. The molecule has 0 saturated carbocycles. The Morgan fingerprint density at radius 2 is 2.39 bits per heavy atom. The molecule has 0 amide bonds. The van der Waals surface area contributed by atoms with Gasteiger partial charge in [0.25, 0.3) is 0 Å². The molecule has 1 N–H and O–H groups in total. The van der Waals surface area contributed by atoms with Crippen molar-refractivity contribution in [3.8, 4) is 5.75 Å². The number of pyridine rings is 1. The molecule has 0 radical (unpaired) electrons. The number of aromatic nitrogens is 1. The van der Waals surface area contributed by atoms with Gasteiger partial charge in [-0.25, -0.2) is 4.98 Å². The lowest BCUT2D eigenvalue weighted by Crippen LogP contribution is -2.37. The van der Waals surface area contributed by atoms with E-state index in [1.807, 2.05) is 24.3 Å². The van der Waals surface area contributed by atoms with Crippen LogP contribution < -0.4 is 4.74 Å². The second-order valence-electron chi connectivity index (χ2n) is 4.60. The first kappa shape index (κ1) is 11.7. The Bertz CT molecular complexity index is 512. The maximum Gasteiger partial charge on any atom is 0.152 e. The SMILES string of the molecule is C[C@@H]1Sc2ncccc2O[C@H]1C1C=CC(O)=CC1. The number of aliphatic hydroxyl groups is 1. The van der Waals surface area contributed by atoms with E-state index < -0.39 is 0 Å². The monoisotopic (exact) mass is 261 g/mol. The molecule has 1 aromatic heterocycles. The zero-order valence-corrected chi connectivity index (χ0v) is 10.9. The Kier molecular flexibility index (Phi) is 3.04. The van der Waals surface area contributed by atoms with Crippen LogP contribution >= 0.6 is 11.8 Å². The summed E-state index contributed by atoms with van der Waals surface area (Å²) in [6.45, 7) is 2.17. The standard InChI is InChI=1S/C14H15NO2S/c1-9-13(10-4-6-11(16)7-5-10)17-12-3-2-8-15-14(12)18-9/h2-4,6-10,13,16H,5H2,1H3/t9-,10?,13+/m0/s1. The van der Waals surface area contributed by atoms with Gasteiger partial charge in [-0.15, -0.1) is 0 Å². The maximum absolute atomic E-state index is 9.37. The molecular weight excluding hydrogens is 246 g/mol. The molecule has 4 heteroatoms. The Morgan fingerprint density at radius 3 is 3.17 bits per heavy atom. The van der Waals surface area contributed by atoms with Crippen LogP contribution in [0.4, 0.5) is 0 Å². The van der Waals surface area contributed by atoms with Gasteiger partial charge in [0.15, 0.2) is 5.75 Å². The van der Waals surface area contributed by atoms with Crippen molar-refractivity contribution >= 4 is 11.8 Å². The minimum atomic E-state index is 0.132. The molecule has 1 aromatic rings. The van der Waals surface area contributed by atoms with E-state index in [4.69, 9.17) is 4.74 Å². The molecule has 0 aromatic carbocycles. The number of rotatable bonds is 1. The number of fused-ring (bicyclic) bond motifs is 1. The third-order valence-corrected chi connectivity index (χ3v) is 4.46. The first-order valence-corrected chi connectivity index (χ1v) is 6.97. The van der Waals surface area contributed by atoms with Crippen LogP contribution in [-0.4, -0.2) is 21.4 Å². The van der Waals surface area contributed by atoms with Gasteiger partial charge in [0.2, 0.25) is 0 Å². The summed E-state index contributed by atoms with van der Waals surface area (Å²) in [5.74, 6) is 1.54. The van der Waals surface area contributed by atoms with Crippen LogP contribution in [-0.2, 0) is 0 Å². The van der Waals surface area contributed by atoms with Gasteiger partial charge in [-0.05, 0) is 37.6 Å². The third kappa shape index (κ3) is 2.12. The van der Waals surface area contributed by atoms with Crippen LogP contribution in [0.3, 0.4) is 0 Å². The Balaban J connectivity index is 1.81. The molecule has 3 nitrogen and oxygen atoms in total. The second kappa shape index (κ2) is 4.69. The van der Waals surface area contributed by atoms with Crippen LogP contribution in [0.2, 0.25) is 0 Å². The summed E-state index contributed by atoms with van der Waals surface area (Å²) in [4.78, 5) is 4.33. The fourth-order valence-corrected chi connectivity index (χ4v) is 3.44. The summed E-state index contributed by atoms with van der Waals surface area (Å²) in [6, 6.07) is 3.86. The zero-order valence-electron chi connectivity index (χ0n) is 10.1. The normalized spacial score (nSPS) is 30.3. The van der Waals surface area contributed by atoms with Crippen molar-refractivity contribution in [3.63, 3.8) is 0 Å². The van der Waals surface area contributed by atoms with Gasteiger partial charge in [0, 0.05) is 17.4 Å². The van der Waals surface area contributed by atoms with Gasteiger partial charge >= 0.3 is 0 Å². The lowest BCUT2D eigenvalue weighted by Gasteiger charge is -2.34. The largest absolute Gasteiger partial charge is 0.508 e. The fraction of sp³-hybridized carbons (Fsp3) is 0.357. The van der Waals surface area contributed by atoms with E-state index in [-0.39, 0.29) is 6.10 Å². The molecule has 2 heterocycles. The topological polar surface area (TPSA) is 42.4 Å². The summed E-state index contributed by atoms with van der Waals surface area (Å²) in [7, 11) is 0. The summed E-state index contributed by atoms with van der Waals surface area (Å²) >= 11 is 1.76. The smallest absolute Gasteiger partial charge is 0.152 e.